The van der Waals surface area contributed by atoms with Gasteiger partial charge in [-0.15, -0.1) is 22.7 Å². The molecule has 0 saturated carbocycles. The summed E-state index contributed by atoms with van der Waals surface area (Å²) in [7, 11) is 0. The van der Waals surface area contributed by atoms with Crippen LogP contribution >= 0.6 is 22.7 Å². The third-order valence-electron chi connectivity index (χ3n) is 3.52. The summed E-state index contributed by atoms with van der Waals surface area (Å²) in [5.41, 5.74) is 1.07. The molecule has 3 rings (SSSR count). The van der Waals surface area contributed by atoms with E-state index in [1.807, 2.05) is 29.8 Å². The maximum atomic E-state index is 12.3. The molecular weight excluding hydrogens is 384 g/mol. The minimum atomic E-state index is -0.605. The van der Waals surface area contributed by atoms with E-state index in [1.165, 1.54) is 11.3 Å². The van der Waals surface area contributed by atoms with Crippen molar-refractivity contribution in [3.8, 4) is 5.75 Å². The molecule has 0 saturated heterocycles. The van der Waals surface area contributed by atoms with E-state index in [0.29, 0.717) is 12.3 Å². The summed E-state index contributed by atoms with van der Waals surface area (Å²) in [6, 6.07) is 10.6. The van der Waals surface area contributed by atoms with Crippen molar-refractivity contribution in [2.24, 2.45) is 0 Å². The average molecular weight is 402 g/mol. The second kappa shape index (κ2) is 9.29. The van der Waals surface area contributed by atoms with E-state index in [-0.39, 0.29) is 24.7 Å². The highest BCUT2D eigenvalue weighted by atomic mass is 32.1. The van der Waals surface area contributed by atoms with E-state index >= 15 is 0 Å². The molecule has 140 valence electrons. The predicted octanol–water partition coefficient (Wildman–Crippen LogP) is 3.57. The Morgan fingerprint density at radius 1 is 1.15 bits per heavy atom. The van der Waals surface area contributed by atoms with E-state index in [1.54, 1.807) is 35.6 Å². The Morgan fingerprint density at radius 2 is 2.00 bits per heavy atom. The summed E-state index contributed by atoms with van der Waals surface area (Å²) in [6.07, 6.45) is 0. The number of carbonyl (C=O) groups excluding carboxylic acids is 2. The van der Waals surface area contributed by atoms with E-state index in [2.05, 4.69) is 10.3 Å². The Labute approximate surface area is 164 Å². The van der Waals surface area contributed by atoms with E-state index < -0.39 is 5.97 Å². The number of benzene rings is 1. The number of nitrogens with zero attached hydrogens (tertiary/aromatic N) is 1. The zero-order valence-electron chi connectivity index (χ0n) is 14.6. The number of thiophene rings is 1. The molecule has 1 amide bonds. The van der Waals surface area contributed by atoms with Gasteiger partial charge in [0.2, 0.25) is 0 Å². The lowest BCUT2D eigenvalue weighted by atomic mass is 10.2. The zero-order valence-corrected chi connectivity index (χ0v) is 16.3. The first kappa shape index (κ1) is 19.1. The Morgan fingerprint density at radius 3 is 2.74 bits per heavy atom. The molecule has 0 aliphatic carbocycles. The minimum absolute atomic E-state index is 0.260. The molecule has 2 heterocycles. The first-order chi connectivity index (χ1) is 13.1. The number of rotatable bonds is 8. The molecule has 0 bridgehead atoms. The van der Waals surface area contributed by atoms with Gasteiger partial charge in [0.05, 0.1) is 17.2 Å². The summed E-state index contributed by atoms with van der Waals surface area (Å²) in [6.45, 7) is 2.25. The van der Waals surface area contributed by atoms with Gasteiger partial charge in [0.15, 0.2) is 6.61 Å². The Hall–Kier alpha value is -2.71. The van der Waals surface area contributed by atoms with Crippen LogP contribution in [-0.4, -0.2) is 23.5 Å². The second-order valence-corrected chi connectivity index (χ2v) is 7.67. The molecule has 3 aromatic rings. The van der Waals surface area contributed by atoms with Crippen molar-refractivity contribution in [1.29, 1.82) is 0 Å². The fourth-order valence-electron chi connectivity index (χ4n) is 2.25. The van der Waals surface area contributed by atoms with Crippen LogP contribution in [0.2, 0.25) is 0 Å². The van der Waals surface area contributed by atoms with Crippen LogP contribution in [0.1, 0.15) is 25.9 Å². The lowest BCUT2D eigenvalue weighted by Gasteiger charge is -2.10. The number of ether oxygens (including phenoxy) is 2. The van der Waals surface area contributed by atoms with Crippen molar-refractivity contribution in [3.63, 3.8) is 0 Å². The molecule has 0 fully saturated rings. The Balaban J connectivity index is 1.52. The van der Waals surface area contributed by atoms with E-state index in [9.17, 15) is 9.59 Å². The third-order valence-corrected chi connectivity index (χ3v) is 5.22. The molecule has 0 spiro atoms. The van der Waals surface area contributed by atoms with Crippen LogP contribution in [-0.2, 0) is 22.7 Å². The molecule has 0 aliphatic rings. The first-order valence-electron chi connectivity index (χ1n) is 8.21. The molecule has 2 aromatic heterocycles. The molecule has 1 N–H and O–H groups in total. The molecule has 0 radical (unpaired) electrons. The fraction of sp³-hybridized carbons (Fsp3) is 0.211. The molecule has 1 aromatic carbocycles. The van der Waals surface area contributed by atoms with Crippen molar-refractivity contribution in [3.05, 3.63) is 68.3 Å². The monoisotopic (exact) mass is 402 g/mol. The molecular formula is C19H18N2O4S2. The number of para-hydroxylation sites is 1. The van der Waals surface area contributed by atoms with Gasteiger partial charge in [0.25, 0.3) is 5.91 Å². The van der Waals surface area contributed by atoms with Crippen LogP contribution in [0.25, 0.3) is 0 Å². The molecule has 0 atom stereocenters. The van der Waals surface area contributed by atoms with Gasteiger partial charge in [-0.2, -0.15) is 0 Å². The van der Waals surface area contributed by atoms with Gasteiger partial charge in [-0.1, -0.05) is 18.2 Å². The number of hydrogen-bond acceptors (Lipinski definition) is 7. The van der Waals surface area contributed by atoms with Crippen LogP contribution in [0.3, 0.4) is 0 Å². The summed E-state index contributed by atoms with van der Waals surface area (Å²) in [4.78, 5) is 29.5. The van der Waals surface area contributed by atoms with Gasteiger partial charge < -0.3 is 14.8 Å². The highest BCUT2D eigenvalue weighted by Gasteiger charge is 2.15. The molecule has 6 nitrogen and oxygen atoms in total. The van der Waals surface area contributed by atoms with Gasteiger partial charge >= 0.3 is 5.97 Å². The zero-order chi connectivity index (χ0) is 19.1. The van der Waals surface area contributed by atoms with E-state index in [0.717, 1.165) is 15.6 Å². The number of thiazole rings is 1. The number of carbonyl (C=O) groups is 2. The van der Waals surface area contributed by atoms with Crippen molar-refractivity contribution in [2.45, 2.75) is 20.1 Å². The highest BCUT2D eigenvalue weighted by Crippen LogP contribution is 2.21. The van der Waals surface area contributed by atoms with Crippen molar-refractivity contribution < 1.29 is 19.1 Å². The Kier molecular flexibility index (Phi) is 6.56. The van der Waals surface area contributed by atoms with Crippen molar-refractivity contribution in [2.75, 3.05) is 6.61 Å². The summed E-state index contributed by atoms with van der Waals surface area (Å²) < 4.78 is 10.8. The van der Waals surface area contributed by atoms with E-state index in [4.69, 9.17) is 9.47 Å². The van der Waals surface area contributed by atoms with Crippen LogP contribution in [0.5, 0.6) is 5.75 Å². The minimum Gasteiger partial charge on any atom is -0.486 e. The van der Waals surface area contributed by atoms with Gasteiger partial charge in [0, 0.05) is 10.3 Å². The quantitative estimate of drug-likeness (QED) is 0.583. The number of amides is 1. The number of aryl methyl sites for hydroxylation is 1. The third kappa shape index (κ3) is 5.63. The standard InChI is InChI=1S/C19H18N2O4S2/c1-13-21-14(12-27-13)10-24-17-7-3-2-6-16(17)19(23)25-11-18(22)20-9-15-5-4-8-26-15/h2-8,12H,9-11H2,1H3,(H,20,22). The predicted molar refractivity (Wildman–Crippen MR) is 104 cm³/mol. The lowest BCUT2D eigenvalue weighted by Crippen LogP contribution is -2.28. The SMILES string of the molecule is Cc1nc(COc2ccccc2C(=O)OCC(=O)NCc2cccs2)cs1. The molecule has 0 unspecified atom stereocenters. The largest absolute Gasteiger partial charge is 0.486 e. The van der Waals surface area contributed by atoms with Crippen LogP contribution in [0.4, 0.5) is 0 Å². The van der Waals surface area contributed by atoms with Crippen molar-refractivity contribution in [1.82, 2.24) is 10.3 Å². The second-order valence-electron chi connectivity index (χ2n) is 5.57. The topological polar surface area (TPSA) is 77.5 Å². The normalized spacial score (nSPS) is 10.4. The summed E-state index contributed by atoms with van der Waals surface area (Å²) in [5.74, 6) is -0.563. The lowest BCUT2D eigenvalue weighted by molar-refractivity contribution is -0.124. The number of aromatic nitrogens is 1. The van der Waals surface area contributed by atoms with Gasteiger partial charge in [-0.3, -0.25) is 4.79 Å². The molecule has 8 heteroatoms. The molecule has 27 heavy (non-hydrogen) atoms. The van der Waals surface area contributed by atoms with Crippen LogP contribution in [0, 0.1) is 6.92 Å². The van der Waals surface area contributed by atoms with Crippen LogP contribution < -0.4 is 10.1 Å². The van der Waals surface area contributed by atoms with Crippen molar-refractivity contribution >= 4 is 34.6 Å². The first-order valence-corrected chi connectivity index (χ1v) is 9.97. The maximum absolute atomic E-state index is 12.3. The molecule has 0 aliphatic heterocycles. The van der Waals surface area contributed by atoms with Gasteiger partial charge in [0.1, 0.15) is 17.9 Å². The average Bonchev–Trinajstić information content (AvgIpc) is 3.34. The number of esters is 1. The van der Waals surface area contributed by atoms with Gasteiger partial charge in [-0.25, -0.2) is 9.78 Å². The summed E-state index contributed by atoms with van der Waals surface area (Å²) >= 11 is 3.09. The highest BCUT2D eigenvalue weighted by molar-refractivity contribution is 7.10. The Bertz CT molecular complexity index is 906. The van der Waals surface area contributed by atoms with Gasteiger partial charge in [-0.05, 0) is 30.5 Å². The number of hydrogen-bond donors (Lipinski definition) is 1. The maximum Gasteiger partial charge on any atom is 0.342 e. The van der Waals surface area contributed by atoms with Crippen LogP contribution in [0.15, 0.2) is 47.2 Å². The summed E-state index contributed by atoms with van der Waals surface area (Å²) in [5, 5.41) is 7.51. The number of nitrogens with one attached hydrogen (secondary N) is 1. The smallest absolute Gasteiger partial charge is 0.342 e. The fourth-order valence-corrected chi connectivity index (χ4v) is 3.49.